The molecular weight excluding hydrogens is 338 g/mol. The number of hydrogen-bond acceptors (Lipinski definition) is 5. The van der Waals surface area contributed by atoms with Crippen molar-refractivity contribution in [2.75, 3.05) is 5.23 Å². The number of amides is 1. The van der Waals surface area contributed by atoms with Gasteiger partial charge in [-0.05, 0) is 31.2 Å². The third kappa shape index (κ3) is 4.16. The van der Waals surface area contributed by atoms with Crippen LogP contribution in [0.3, 0.4) is 0 Å². The second-order valence-corrected chi connectivity index (χ2v) is 4.40. The van der Waals surface area contributed by atoms with Crippen LogP contribution >= 0.6 is 0 Å². The molecule has 1 amide bonds. The van der Waals surface area contributed by atoms with Crippen LogP contribution in [0.5, 0.6) is 5.75 Å². The zero-order valence-electron chi connectivity index (χ0n) is 11.2. The molecule has 23 heavy (non-hydrogen) atoms. The van der Waals surface area contributed by atoms with Crippen molar-refractivity contribution in [2.45, 2.75) is 24.8 Å². The van der Waals surface area contributed by atoms with Gasteiger partial charge in [0.05, 0.1) is 5.69 Å². The molecule has 0 heterocycles. The Morgan fingerprint density at radius 2 is 1.57 bits per heavy atom. The number of nitrogens with one attached hydrogen (secondary N) is 1. The third-order valence-corrected chi connectivity index (χ3v) is 2.75. The molecule has 0 atom stereocenters. The molecule has 0 unspecified atom stereocenters. The fourth-order valence-electron chi connectivity index (χ4n) is 1.28. The van der Waals surface area contributed by atoms with Crippen molar-refractivity contribution in [3.05, 3.63) is 29.5 Å². The van der Waals surface area contributed by atoms with E-state index in [-0.39, 0.29) is 12.6 Å². The molecule has 1 aromatic carbocycles. The lowest BCUT2D eigenvalue weighted by Crippen LogP contribution is -2.65. The van der Waals surface area contributed by atoms with Crippen LogP contribution in [0.4, 0.5) is 36.8 Å². The lowest BCUT2D eigenvalue weighted by molar-refractivity contribution is -0.298. The molecule has 0 aliphatic rings. The summed E-state index contributed by atoms with van der Waals surface area (Å²) in [6, 6.07) is 3.60. The number of nitrogens with zero attached hydrogens (tertiary/aromatic N) is 1. The molecule has 0 bridgehead atoms. The highest BCUT2D eigenvalue weighted by Gasteiger charge is 2.69. The minimum atomic E-state index is -5.81. The number of rotatable bonds is 3. The van der Waals surface area contributed by atoms with Gasteiger partial charge >= 0.3 is 18.4 Å². The number of hydrogen-bond donors (Lipinski definition) is 2. The third-order valence-electron chi connectivity index (χ3n) is 2.75. The zero-order chi connectivity index (χ0) is 18.1. The van der Waals surface area contributed by atoms with E-state index in [9.17, 15) is 36.3 Å². The van der Waals surface area contributed by atoms with Gasteiger partial charge in [0.2, 0.25) is 5.54 Å². The second kappa shape index (κ2) is 6.12. The molecule has 0 aliphatic heterocycles. The molecule has 1 rings (SSSR count). The molecule has 0 fully saturated rings. The van der Waals surface area contributed by atoms with Gasteiger partial charge in [-0.25, -0.2) is 4.79 Å². The van der Waals surface area contributed by atoms with Gasteiger partial charge in [-0.15, -0.1) is 0 Å². The van der Waals surface area contributed by atoms with Crippen molar-refractivity contribution in [3.8, 4) is 5.75 Å². The van der Waals surface area contributed by atoms with Crippen LogP contribution in [-0.2, 0) is 0 Å². The van der Waals surface area contributed by atoms with E-state index in [4.69, 9.17) is 5.21 Å². The smallest absolute Gasteiger partial charge is 0.420 e. The van der Waals surface area contributed by atoms with Gasteiger partial charge in [-0.2, -0.15) is 26.3 Å². The molecule has 0 saturated heterocycles. The van der Waals surface area contributed by atoms with Crippen molar-refractivity contribution < 1.29 is 41.1 Å². The average Bonchev–Trinajstić information content (AvgIpc) is 2.36. The molecule has 0 radical (unpaired) electrons. The van der Waals surface area contributed by atoms with Gasteiger partial charge in [0.1, 0.15) is 5.75 Å². The number of carbonyl (C=O) groups is 1. The summed E-state index contributed by atoms with van der Waals surface area (Å²) in [4.78, 5) is 11.3. The van der Waals surface area contributed by atoms with Crippen molar-refractivity contribution in [3.63, 3.8) is 0 Å². The van der Waals surface area contributed by atoms with E-state index in [1.165, 1.54) is 0 Å². The highest BCUT2D eigenvalue weighted by atomic mass is 19.4. The van der Waals surface area contributed by atoms with Crippen LogP contribution in [0, 0.1) is 5.21 Å². The van der Waals surface area contributed by atoms with Gasteiger partial charge in [-0.1, -0.05) is 0 Å². The van der Waals surface area contributed by atoms with Crippen LogP contribution in [0.1, 0.15) is 6.92 Å². The van der Waals surface area contributed by atoms with E-state index in [0.29, 0.717) is 0 Å². The first-order chi connectivity index (χ1) is 10.3. The lowest BCUT2D eigenvalue weighted by Gasteiger charge is -2.34. The van der Waals surface area contributed by atoms with Gasteiger partial charge < -0.3 is 15.2 Å². The number of halogens is 6. The van der Waals surface area contributed by atoms with Gasteiger partial charge in [0.25, 0.3) is 0 Å². The summed E-state index contributed by atoms with van der Waals surface area (Å²) >= 11 is 0. The quantitative estimate of drug-likeness (QED) is 0.647. The Balaban J connectivity index is 2.89. The fraction of sp³-hybridized carbons (Fsp3) is 0.364. The average molecular weight is 347 g/mol. The minimum absolute atomic E-state index is 0.252. The molecule has 0 aromatic heterocycles. The Hall–Kier alpha value is -2.21. The second-order valence-electron chi connectivity index (χ2n) is 4.40. The molecule has 2 N–H and O–H groups in total. The molecule has 6 nitrogen and oxygen atoms in total. The van der Waals surface area contributed by atoms with Gasteiger partial charge in [0.15, 0.2) is 0 Å². The van der Waals surface area contributed by atoms with E-state index in [0.717, 1.165) is 29.6 Å². The molecular formula is C11H9F6N2O4-. The highest BCUT2D eigenvalue weighted by molar-refractivity contribution is 5.71. The first kappa shape index (κ1) is 18.8. The molecule has 12 heteroatoms. The maximum absolute atomic E-state index is 12.6. The Labute approximate surface area is 124 Å². The van der Waals surface area contributed by atoms with E-state index in [1.54, 1.807) is 0 Å². The number of benzene rings is 1. The lowest BCUT2D eigenvalue weighted by atomic mass is 10.0. The highest BCUT2D eigenvalue weighted by Crippen LogP contribution is 2.42. The van der Waals surface area contributed by atoms with Crippen LogP contribution in [-0.4, -0.2) is 29.2 Å². The van der Waals surface area contributed by atoms with Crippen molar-refractivity contribution in [1.29, 1.82) is 0 Å². The van der Waals surface area contributed by atoms with Gasteiger partial charge in [0, 0.05) is 0 Å². The van der Waals surface area contributed by atoms with Crippen molar-refractivity contribution in [2.24, 2.45) is 0 Å². The normalized spacial score (nSPS) is 12.7. The van der Waals surface area contributed by atoms with E-state index in [2.05, 4.69) is 4.74 Å². The largest absolute Gasteiger partial charge is 0.733 e. The zero-order valence-corrected chi connectivity index (χ0v) is 11.2. The van der Waals surface area contributed by atoms with Crippen LogP contribution in [0.2, 0.25) is 0 Å². The number of ether oxygens (including phenoxy) is 1. The predicted octanol–water partition coefficient (Wildman–Crippen LogP) is 3.35. The molecule has 0 spiro atoms. The summed E-state index contributed by atoms with van der Waals surface area (Å²) in [5.74, 6) is -0.445. The molecule has 1 aromatic rings. The molecule has 0 saturated carbocycles. The van der Waals surface area contributed by atoms with Crippen molar-refractivity contribution in [1.82, 2.24) is 5.32 Å². The summed E-state index contributed by atoms with van der Waals surface area (Å²) in [5.41, 5.74) is -4.80. The molecule has 0 aliphatic carbocycles. The Morgan fingerprint density at radius 3 is 1.91 bits per heavy atom. The summed E-state index contributed by atoms with van der Waals surface area (Å²) in [5, 5.41) is 19.2. The summed E-state index contributed by atoms with van der Waals surface area (Å²) in [6.45, 7) is -0.252. The summed E-state index contributed by atoms with van der Waals surface area (Å²) in [7, 11) is 0. The fourth-order valence-corrected chi connectivity index (χ4v) is 1.28. The minimum Gasteiger partial charge on any atom is -0.733 e. The Bertz CT molecular complexity index is 541. The predicted molar refractivity (Wildman–Crippen MR) is 63.7 cm³/mol. The Kier molecular flexibility index (Phi) is 5.01. The number of anilines is 1. The van der Waals surface area contributed by atoms with E-state index in [1.807, 2.05) is 0 Å². The summed E-state index contributed by atoms with van der Waals surface area (Å²) < 4.78 is 79.8. The first-order valence-corrected chi connectivity index (χ1v) is 5.67. The van der Waals surface area contributed by atoms with Crippen LogP contribution < -0.4 is 15.3 Å². The SMILES string of the molecule is CC(NC(=O)Oc1ccc(N([O-])O)cc1)(C(F)(F)F)C(F)(F)F. The maximum Gasteiger partial charge on any atom is 0.420 e. The van der Waals surface area contributed by atoms with Gasteiger partial charge in [-0.3, -0.25) is 10.5 Å². The van der Waals surface area contributed by atoms with Crippen molar-refractivity contribution >= 4 is 11.8 Å². The first-order valence-electron chi connectivity index (χ1n) is 5.67. The van der Waals surface area contributed by atoms with Crippen LogP contribution in [0.25, 0.3) is 0 Å². The molecule has 130 valence electrons. The monoisotopic (exact) mass is 347 g/mol. The standard InChI is InChI=1S/C11H9F6N2O4/c1-9(10(12,13)14,11(15,16)17)18-8(20)23-7-4-2-6(3-5-7)19(21)22/h2-5,21H,1H3,(H,18,20)/q-1. The maximum atomic E-state index is 12.6. The van der Waals surface area contributed by atoms with E-state index < -0.39 is 35.0 Å². The van der Waals surface area contributed by atoms with E-state index >= 15 is 0 Å². The van der Waals surface area contributed by atoms with Crippen LogP contribution in [0.15, 0.2) is 24.3 Å². The summed E-state index contributed by atoms with van der Waals surface area (Å²) in [6.07, 6.45) is -13.6. The Morgan fingerprint density at radius 1 is 1.13 bits per heavy atom. The number of alkyl halides is 6. The topological polar surface area (TPSA) is 84.9 Å². The number of carbonyl (C=O) groups excluding carboxylic acids is 1.